The second kappa shape index (κ2) is 5.14. The van der Waals surface area contributed by atoms with E-state index in [1.54, 1.807) is 26.1 Å². The van der Waals surface area contributed by atoms with E-state index >= 15 is 0 Å². The Balaban J connectivity index is 2.12. The lowest BCUT2D eigenvalue weighted by atomic mass is 10.2. The van der Waals surface area contributed by atoms with Crippen LogP contribution in [-0.4, -0.2) is 23.2 Å². The summed E-state index contributed by atoms with van der Waals surface area (Å²) in [6, 6.07) is 3.42. The van der Waals surface area contributed by atoms with Crippen molar-refractivity contribution in [3.63, 3.8) is 0 Å². The minimum Gasteiger partial charge on any atom is -0.448 e. The minimum absolute atomic E-state index is 0.193. The predicted molar refractivity (Wildman–Crippen MR) is 67.8 cm³/mol. The zero-order chi connectivity index (χ0) is 13.1. The van der Waals surface area contributed by atoms with Crippen LogP contribution in [0.3, 0.4) is 0 Å². The van der Waals surface area contributed by atoms with Gasteiger partial charge in [-0.1, -0.05) is 0 Å². The summed E-state index contributed by atoms with van der Waals surface area (Å²) < 4.78 is 5.20. The average Bonchev–Trinajstić information content (AvgIpc) is 2.92. The van der Waals surface area contributed by atoms with Crippen molar-refractivity contribution in [2.75, 3.05) is 12.4 Å². The third-order valence-electron chi connectivity index (χ3n) is 2.46. The zero-order valence-corrected chi connectivity index (χ0v) is 10.8. The quantitative estimate of drug-likeness (QED) is 0.791. The molecule has 0 aliphatic carbocycles. The number of aromatic amines is 1. The predicted octanol–water partition coefficient (Wildman–Crippen LogP) is 1.94. The van der Waals surface area contributed by atoms with Gasteiger partial charge in [0.2, 0.25) is 0 Å². The number of rotatable bonds is 4. The van der Waals surface area contributed by atoms with Crippen molar-refractivity contribution in [1.82, 2.24) is 15.5 Å². The Morgan fingerprint density at radius 3 is 2.94 bits per heavy atom. The molecule has 1 amide bonds. The maximum Gasteiger partial charge on any atom is 0.256 e. The second-order valence-electron chi connectivity index (χ2n) is 3.71. The van der Waals surface area contributed by atoms with Crippen molar-refractivity contribution >= 4 is 23.3 Å². The number of nitrogens with zero attached hydrogens (tertiary/aromatic N) is 1. The number of anilines is 1. The van der Waals surface area contributed by atoms with E-state index in [2.05, 4.69) is 20.8 Å². The fourth-order valence-corrected chi connectivity index (χ4v) is 1.74. The molecule has 2 heterocycles. The molecule has 0 saturated carbocycles. The van der Waals surface area contributed by atoms with Crippen LogP contribution in [0.1, 0.15) is 21.8 Å². The van der Waals surface area contributed by atoms with Crippen molar-refractivity contribution in [1.29, 1.82) is 0 Å². The molecule has 0 fully saturated rings. The molecule has 0 saturated heterocycles. The first-order chi connectivity index (χ1) is 8.61. The molecule has 18 heavy (non-hydrogen) atoms. The van der Waals surface area contributed by atoms with Gasteiger partial charge in [-0.05, 0) is 30.7 Å². The molecule has 2 aromatic rings. The van der Waals surface area contributed by atoms with E-state index in [9.17, 15) is 4.79 Å². The first-order valence-electron chi connectivity index (χ1n) is 5.37. The van der Waals surface area contributed by atoms with Gasteiger partial charge < -0.3 is 15.1 Å². The van der Waals surface area contributed by atoms with Crippen LogP contribution in [0.2, 0.25) is 5.22 Å². The van der Waals surface area contributed by atoms with Gasteiger partial charge in [0.25, 0.3) is 5.91 Å². The van der Waals surface area contributed by atoms with E-state index in [1.807, 2.05) is 0 Å². The molecule has 0 spiro atoms. The van der Waals surface area contributed by atoms with E-state index < -0.39 is 0 Å². The van der Waals surface area contributed by atoms with E-state index in [-0.39, 0.29) is 5.91 Å². The van der Waals surface area contributed by atoms with Crippen LogP contribution in [0.25, 0.3) is 0 Å². The van der Waals surface area contributed by atoms with E-state index in [0.717, 1.165) is 0 Å². The zero-order valence-electron chi connectivity index (χ0n) is 10.0. The van der Waals surface area contributed by atoms with Gasteiger partial charge in [-0.25, -0.2) is 0 Å². The highest BCUT2D eigenvalue weighted by molar-refractivity contribution is 6.28. The number of halogens is 1. The van der Waals surface area contributed by atoms with Crippen molar-refractivity contribution in [3.8, 4) is 0 Å². The highest BCUT2D eigenvalue weighted by atomic mass is 35.5. The Kier molecular flexibility index (Phi) is 3.57. The number of carbonyl (C=O) groups excluding carboxylic acids is 1. The van der Waals surface area contributed by atoms with Crippen LogP contribution < -0.4 is 10.6 Å². The summed E-state index contributed by atoms with van der Waals surface area (Å²) in [5.41, 5.74) is 1.20. The average molecular weight is 269 g/mol. The molecular formula is C11H13ClN4O2. The van der Waals surface area contributed by atoms with Gasteiger partial charge >= 0.3 is 0 Å². The van der Waals surface area contributed by atoms with Gasteiger partial charge in [-0.15, -0.1) is 0 Å². The molecule has 3 N–H and O–H groups in total. The van der Waals surface area contributed by atoms with Crippen LogP contribution in [0, 0.1) is 6.92 Å². The Morgan fingerprint density at radius 1 is 1.56 bits per heavy atom. The molecule has 0 aromatic carbocycles. The molecule has 6 nitrogen and oxygen atoms in total. The summed E-state index contributed by atoms with van der Waals surface area (Å²) in [6.45, 7) is 2.19. The lowest BCUT2D eigenvalue weighted by Gasteiger charge is -2.04. The molecule has 96 valence electrons. The number of H-pyrrole nitrogens is 1. The van der Waals surface area contributed by atoms with Crippen LogP contribution in [0.4, 0.5) is 5.82 Å². The van der Waals surface area contributed by atoms with Crippen LogP contribution >= 0.6 is 11.6 Å². The van der Waals surface area contributed by atoms with Crippen LogP contribution in [0.5, 0.6) is 0 Å². The summed E-state index contributed by atoms with van der Waals surface area (Å²) in [5.74, 6) is 0.962. The molecule has 7 heteroatoms. The summed E-state index contributed by atoms with van der Waals surface area (Å²) in [6.07, 6.45) is 0. The first kappa shape index (κ1) is 12.5. The highest BCUT2D eigenvalue weighted by Crippen LogP contribution is 2.18. The molecule has 0 aliphatic heterocycles. The monoisotopic (exact) mass is 268 g/mol. The smallest absolute Gasteiger partial charge is 0.256 e. The maximum atomic E-state index is 11.7. The molecule has 0 radical (unpaired) electrons. The Labute approximate surface area is 109 Å². The summed E-state index contributed by atoms with van der Waals surface area (Å²) in [7, 11) is 1.57. The third-order valence-corrected chi connectivity index (χ3v) is 2.66. The maximum absolute atomic E-state index is 11.7. The van der Waals surface area contributed by atoms with E-state index in [0.29, 0.717) is 34.6 Å². The van der Waals surface area contributed by atoms with E-state index in [4.69, 9.17) is 16.0 Å². The molecule has 0 aliphatic rings. The largest absolute Gasteiger partial charge is 0.448 e. The SMILES string of the molecule is CNC(=O)c1c(NCc2ccc(Cl)o2)n[nH]c1C. The van der Waals surface area contributed by atoms with Crippen molar-refractivity contribution in [2.45, 2.75) is 13.5 Å². The first-order valence-corrected chi connectivity index (χ1v) is 5.74. The molecule has 0 atom stereocenters. The molecule has 0 bridgehead atoms. The molecular weight excluding hydrogens is 256 g/mol. The molecule has 2 aromatic heterocycles. The number of hydrogen-bond acceptors (Lipinski definition) is 4. The Morgan fingerprint density at radius 2 is 2.33 bits per heavy atom. The second-order valence-corrected chi connectivity index (χ2v) is 4.08. The fraction of sp³-hybridized carbons (Fsp3) is 0.273. The number of furan rings is 1. The normalized spacial score (nSPS) is 10.4. The minimum atomic E-state index is -0.193. The van der Waals surface area contributed by atoms with Crippen molar-refractivity contribution in [2.24, 2.45) is 0 Å². The van der Waals surface area contributed by atoms with Gasteiger partial charge in [0, 0.05) is 12.7 Å². The molecule has 0 unspecified atom stereocenters. The number of hydrogen-bond donors (Lipinski definition) is 3. The number of aromatic nitrogens is 2. The van der Waals surface area contributed by atoms with Gasteiger partial charge in [0.1, 0.15) is 11.3 Å². The van der Waals surface area contributed by atoms with Crippen molar-refractivity contribution in [3.05, 3.63) is 34.4 Å². The van der Waals surface area contributed by atoms with Gasteiger partial charge in [0.05, 0.1) is 6.54 Å². The lowest BCUT2D eigenvalue weighted by Crippen LogP contribution is -2.19. The highest BCUT2D eigenvalue weighted by Gasteiger charge is 2.16. The van der Waals surface area contributed by atoms with Gasteiger partial charge in [-0.3, -0.25) is 9.89 Å². The number of nitrogens with one attached hydrogen (secondary N) is 3. The number of amides is 1. The third kappa shape index (κ3) is 2.48. The number of aryl methyl sites for hydroxylation is 1. The fourth-order valence-electron chi connectivity index (χ4n) is 1.58. The van der Waals surface area contributed by atoms with Gasteiger partial charge in [0.15, 0.2) is 11.0 Å². The van der Waals surface area contributed by atoms with Crippen LogP contribution in [0.15, 0.2) is 16.5 Å². The van der Waals surface area contributed by atoms with E-state index in [1.165, 1.54) is 0 Å². The Hall–Kier alpha value is -1.95. The number of carbonyl (C=O) groups is 1. The summed E-state index contributed by atoms with van der Waals surface area (Å²) in [4.78, 5) is 11.7. The lowest BCUT2D eigenvalue weighted by molar-refractivity contribution is 0.0963. The standard InChI is InChI=1S/C11H13ClN4O2/c1-6-9(11(17)13-2)10(16-15-6)14-5-7-3-4-8(12)18-7/h3-4H,5H2,1-2H3,(H,13,17)(H2,14,15,16). The molecule has 2 rings (SSSR count). The topological polar surface area (TPSA) is 82.9 Å². The summed E-state index contributed by atoms with van der Waals surface area (Å²) >= 11 is 5.67. The Bertz CT molecular complexity index is 561. The van der Waals surface area contributed by atoms with Crippen LogP contribution in [-0.2, 0) is 6.54 Å². The summed E-state index contributed by atoms with van der Waals surface area (Å²) in [5, 5.41) is 12.7. The van der Waals surface area contributed by atoms with Gasteiger partial charge in [-0.2, -0.15) is 5.10 Å². The van der Waals surface area contributed by atoms with Crippen molar-refractivity contribution < 1.29 is 9.21 Å².